The molecule has 2 aromatic rings. The van der Waals surface area contributed by atoms with E-state index in [0.717, 1.165) is 16.4 Å². The fourth-order valence-electron chi connectivity index (χ4n) is 2.47. The molecule has 6 nitrogen and oxygen atoms in total. The smallest absolute Gasteiger partial charge is 0.264 e. The number of sulfonamides is 1. The van der Waals surface area contributed by atoms with Crippen LogP contribution in [0.15, 0.2) is 53.4 Å². The lowest BCUT2D eigenvalue weighted by atomic mass is 10.3. The van der Waals surface area contributed by atoms with Crippen LogP contribution in [0.5, 0.6) is 5.75 Å². The molecule has 27 heavy (non-hydrogen) atoms. The van der Waals surface area contributed by atoms with E-state index in [1.807, 2.05) is 13.8 Å². The predicted octanol–water partition coefficient (Wildman–Crippen LogP) is 2.90. The van der Waals surface area contributed by atoms with Crippen LogP contribution in [0.2, 0.25) is 0 Å². The predicted molar refractivity (Wildman–Crippen MR) is 102 cm³/mol. The van der Waals surface area contributed by atoms with Gasteiger partial charge in [-0.05, 0) is 62.4 Å². The minimum Gasteiger partial charge on any atom is -0.484 e. The maximum atomic E-state index is 13.0. The molecule has 8 heteroatoms. The van der Waals surface area contributed by atoms with E-state index in [0.29, 0.717) is 24.5 Å². The number of nitrogens with zero attached hydrogens (tertiary/aromatic N) is 2. The van der Waals surface area contributed by atoms with Crippen LogP contribution < -0.4 is 9.04 Å². The van der Waals surface area contributed by atoms with E-state index >= 15 is 0 Å². The van der Waals surface area contributed by atoms with E-state index in [1.165, 1.54) is 19.2 Å². The third-order valence-electron chi connectivity index (χ3n) is 4.15. The molecular weight excluding hydrogens is 371 g/mol. The quantitative estimate of drug-likeness (QED) is 0.691. The molecule has 146 valence electrons. The van der Waals surface area contributed by atoms with Crippen molar-refractivity contribution in [3.05, 3.63) is 54.3 Å². The lowest BCUT2D eigenvalue weighted by Crippen LogP contribution is -2.34. The Balaban J connectivity index is 2.07. The van der Waals surface area contributed by atoms with Gasteiger partial charge in [0.15, 0.2) is 6.61 Å². The van der Waals surface area contributed by atoms with Crippen LogP contribution in [0.3, 0.4) is 0 Å². The van der Waals surface area contributed by atoms with Crippen LogP contribution in [0.1, 0.15) is 13.8 Å². The molecule has 0 unspecified atom stereocenters. The van der Waals surface area contributed by atoms with Crippen molar-refractivity contribution in [2.75, 3.05) is 31.0 Å². The Hall–Kier alpha value is -2.61. The molecule has 0 atom stereocenters. The van der Waals surface area contributed by atoms with Gasteiger partial charge in [0.25, 0.3) is 15.9 Å². The maximum absolute atomic E-state index is 13.0. The average Bonchev–Trinajstić information content (AvgIpc) is 2.67. The molecule has 0 heterocycles. The highest BCUT2D eigenvalue weighted by molar-refractivity contribution is 7.92. The van der Waals surface area contributed by atoms with E-state index in [-0.39, 0.29) is 17.4 Å². The second kappa shape index (κ2) is 8.85. The second-order valence-corrected chi connectivity index (χ2v) is 7.74. The van der Waals surface area contributed by atoms with Gasteiger partial charge in [-0.25, -0.2) is 12.8 Å². The molecule has 0 spiro atoms. The molecule has 2 rings (SSSR count). The van der Waals surface area contributed by atoms with Crippen molar-refractivity contribution in [2.24, 2.45) is 0 Å². The summed E-state index contributed by atoms with van der Waals surface area (Å²) in [5, 5.41) is 0. The number of rotatable bonds is 8. The molecule has 0 bridgehead atoms. The second-order valence-electron chi connectivity index (χ2n) is 5.78. The standard InChI is InChI=1S/C19H23FN2O4S/c1-4-22(5-2)19(23)14-26-17-10-8-16(9-11-17)21(3)27(24,25)18-12-6-15(20)7-13-18/h6-13H,4-5,14H2,1-3H3. The zero-order valence-corrected chi connectivity index (χ0v) is 16.4. The largest absolute Gasteiger partial charge is 0.484 e. The van der Waals surface area contributed by atoms with Gasteiger partial charge >= 0.3 is 0 Å². The topological polar surface area (TPSA) is 66.9 Å². The van der Waals surface area contributed by atoms with Gasteiger partial charge in [0.1, 0.15) is 11.6 Å². The van der Waals surface area contributed by atoms with Gasteiger partial charge in [-0.2, -0.15) is 0 Å². The molecule has 1 amide bonds. The lowest BCUT2D eigenvalue weighted by molar-refractivity contribution is -0.132. The summed E-state index contributed by atoms with van der Waals surface area (Å²) in [5.41, 5.74) is 0.418. The molecule has 0 fully saturated rings. The van der Waals surface area contributed by atoms with Crippen molar-refractivity contribution < 1.29 is 22.3 Å². The van der Waals surface area contributed by atoms with Crippen molar-refractivity contribution in [1.82, 2.24) is 4.90 Å². The Morgan fingerprint density at radius 2 is 1.56 bits per heavy atom. The maximum Gasteiger partial charge on any atom is 0.264 e. The average molecular weight is 394 g/mol. The first-order chi connectivity index (χ1) is 12.8. The van der Waals surface area contributed by atoms with Crippen LogP contribution in [-0.4, -0.2) is 46.0 Å². The highest BCUT2D eigenvalue weighted by Gasteiger charge is 2.21. The van der Waals surface area contributed by atoms with Gasteiger partial charge < -0.3 is 9.64 Å². The van der Waals surface area contributed by atoms with Gasteiger partial charge in [-0.3, -0.25) is 9.10 Å². The summed E-state index contributed by atoms with van der Waals surface area (Å²) in [5.74, 6) is -0.149. The summed E-state index contributed by atoms with van der Waals surface area (Å²) in [6, 6.07) is 11.0. The summed E-state index contributed by atoms with van der Waals surface area (Å²) < 4.78 is 44.8. The van der Waals surface area contributed by atoms with Crippen LogP contribution >= 0.6 is 0 Å². The molecule has 0 aliphatic heterocycles. The van der Waals surface area contributed by atoms with Crippen LogP contribution in [0.25, 0.3) is 0 Å². The van der Waals surface area contributed by atoms with Gasteiger partial charge in [0.05, 0.1) is 10.6 Å². The first kappa shape index (κ1) is 20.7. The molecular formula is C19H23FN2O4S. The number of likely N-dealkylation sites (N-methyl/N-ethyl adjacent to an activating group) is 1. The van der Waals surface area contributed by atoms with E-state index in [9.17, 15) is 17.6 Å². The number of halogens is 1. The highest BCUT2D eigenvalue weighted by Crippen LogP contribution is 2.24. The molecule has 0 N–H and O–H groups in total. The minimum absolute atomic E-state index is 0.00320. The van der Waals surface area contributed by atoms with Crippen LogP contribution in [-0.2, 0) is 14.8 Å². The van der Waals surface area contributed by atoms with Crippen molar-refractivity contribution in [1.29, 1.82) is 0 Å². The lowest BCUT2D eigenvalue weighted by Gasteiger charge is -2.20. The fraction of sp³-hybridized carbons (Fsp3) is 0.316. The fourth-order valence-corrected chi connectivity index (χ4v) is 3.66. The van der Waals surface area contributed by atoms with E-state index in [1.54, 1.807) is 29.2 Å². The Labute approximate surface area is 159 Å². The summed E-state index contributed by atoms with van der Waals surface area (Å²) in [4.78, 5) is 13.6. The normalized spacial score (nSPS) is 11.1. The molecule has 2 aromatic carbocycles. The van der Waals surface area contributed by atoms with Crippen LogP contribution in [0, 0.1) is 5.82 Å². The number of benzene rings is 2. The monoisotopic (exact) mass is 394 g/mol. The Morgan fingerprint density at radius 3 is 2.07 bits per heavy atom. The Morgan fingerprint density at radius 1 is 1.00 bits per heavy atom. The zero-order chi connectivity index (χ0) is 20.0. The summed E-state index contributed by atoms with van der Waals surface area (Å²) >= 11 is 0. The van der Waals surface area contributed by atoms with Gasteiger partial charge in [0, 0.05) is 20.1 Å². The van der Waals surface area contributed by atoms with Crippen LogP contribution in [0.4, 0.5) is 10.1 Å². The number of amides is 1. The van der Waals surface area contributed by atoms with Gasteiger partial charge in [0.2, 0.25) is 0 Å². The van der Waals surface area contributed by atoms with Crippen molar-refractivity contribution >= 4 is 21.6 Å². The number of ether oxygens (including phenoxy) is 1. The van der Waals surface area contributed by atoms with E-state index < -0.39 is 15.8 Å². The third kappa shape index (κ3) is 4.97. The summed E-state index contributed by atoms with van der Waals surface area (Å²) in [7, 11) is -2.39. The first-order valence-electron chi connectivity index (χ1n) is 8.54. The van der Waals surface area contributed by atoms with Crippen molar-refractivity contribution in [2.45, 2.75) is 18.7 Å². The van der Waals surface area contributed by atoms with Gasteiger partial charge in [-0.1, -0.05) is 0 Å². The third-order valence-corrected chi connectivity index (χ3v) is 5.95. The van der Waals surface area contributed by atoms with Crippen molar-refractivity contribution in [3.63, 3.8) is 0 Å². The number of carbonyl (C=O) groups is 1. The first-order valence-corrected chi connectivity index (χ1v) is 9.98. The zero-order valence-electron chi connectivity index (χ0n) is 15.6. The van der Waals surface area contributed by atoms with E-state index in [4.69, 9.17) is 4.74 Å². The molecule has 0 aromatic heterocycles. The van der Waals surface area contributed by atoms with Crippen molar-refractivity contribution in [3.8, 4) is 5.75 Å². The number of hydrogen-bond donors (Lipinski definition) is 0. The number of anilines is 1. The van der Waals surface area contributed by atoms with E-state index in [2.05, 4.69) is 0 Å². The molecule has 0 aliphatic rings. The van der Waals surface area contributed by atoms with Gasteiger partial charge in [-0.15, -0.1) is 0 Å². The molecule has 0 radical (unpaired) electrons. The SMILES string of the molecule is CCN(CC)C(=O)COc1ccc(N(C)S(=O)(=O)c2ccc(F)cc2)cc1. The Kier molecular flexibility index (Phi) is 6.79. The Bertz CT molecular complexity index is 864. The summed E-state index contributed by atoms with van der Waals surface area (Å²) in [6.45, 7) is 4.94. The highest BCUT2D eigenvalue weighted by atomic mass is 32.2. The molecule has 0 saturated heterocycles. The molecule has 0 saturated carbocycles. The number of carbonyl (C=O) groups excluding carboxylic acids is 1. The number of hydrogen-bond acceptors (Lipinski definition) is 4. The molecule has 0 aliphatic carbocycles. The minimum atomic E-state index is -3.80. The summed E-state index contributed by atoms with van der Waals surface area (Å²) in [6.07, 6.45) is 0.